The quantitative estimate of drug-likeness (QED) is 0.163. The molecule has 3 aromatic carbocycles. The van der Waals surface area contributed by atoms with Crippen molar-refractivity contribution in [3.8, 4) is 22.3 Å². The Balaban J connectivity index is 1.60. The smallest absolute Gasteiger partial charge is 0.404 e. The molecule has 1 aromatic heterocycles. The van der Waals surface area contributed by atoms with Crippen molar-refractivity contribution >= 4 is 29.1 Å². The third kappa shape index (κ3) is 7.06. The number of halogens is 2. The molecule has 202 valence electrons. The zero-order chi connectivity index (χ0) is 27.9. The van der Waals surface area contributed by atoms with E-state index in [-0.39, 0.29) is 31.2 Å². The number of aromatic amines is 1. The van der Waals surface area contributed by atoms with Gasteiger partial charge in [-0.2, -0.15) is 0 Å². The number of nitrogens with one attached hydrogen (secondary N) is 4. The van der Waals surface area contributed by atoms with E-state index < -0.39 is 30.0 Å². The first-order valence-electron chi connectivity index (χ1n) is 12.0. The average Bonchev–Trinajstić information content (AvgIpc) is 3.34. The van der Waals surface area contributed by atoms with E-state index in [1.807, 2.05) is 6.07 Å². The normalized spacial score (nSPS) is 11.6. The van der Waals surface area contributed by atoms with Crippen LogP contribution in [0.15, 0.2) is 60.7 Å². The molecule has 0 saturated heterocycles. The second-order valence-corrected chi connectivity index (χ2v) is 8.75. The molecule has 0 saturated carbocycles. The van der Waals surface area contributed by atoms with Gasteiger partial charge in [0.1, 0.15) is 11.6 Å². The maximum Gasteiger partial charge on any atom is 0.404 e. The van der Waals surface area contributed by atoms with Crippen LogP contribution in [-0.2, 0) is 0 Å². The minimum Gasteiger partial charge on any atom is -0.465 e. The highest BCUT2D eigenvalue weighted by Crippen LogP contribution is 2.33. The fourth-order valence-corrected chi connectivity index (χ4v) is 4.13. The van der Waals surface area contributed by atoms with E-state index in [0.717, 1.165) is 5.56 Å². The molecule has 10 nitrogen and oxygen atoms in total. The summed E-state index contributed by atoms with van der Waals surface area (Å²) in [5.41, 5.74) is 3.71. The molecule has 0 spiro atoms. The van der Waals surface area contributed by atoms with Gasteiger partial charge in [-0.05, 0) is 65.9 Å². The highest BCUT2D eigenvalue weighted by molar-refractivity contribution is 6.00. The molecular weight excluding hydrogens is 512 g/mol. The van der Waals surface area contributed by atoms with Gasteiger partial charge < -0.3 is 31.1 Å². The van der Waals surface area contributed by atoms with Gasteiger partial charge in [0.2, 0.25) is 0 Å². The van der Waals surface area contributed by atoms with E-state index >= 15 is 0 Å². The van der Waals surface area contributed by atoms with Crippen molar-refractivity contribution in [2.45, 2.75) is 18.9 Å². The Labute approximate surface area is 221 Å². The van der Waals surface area contributed by atoms with Crippen LogP contribution in [0.2, 0.25) is 0 Å². The number of carboxylic acid groups (broad SMARTS) is 2. The van der Waals surface area contributed by atoms with Crippen molar-refractivity contribution in [2.24, 2.45) is 0 Å². The third-order valence-corrected chi connectivity index (χ3v) is 5.98. The zero-order valence-electron chi connectivity index (χ0n) is 20.5. The SMILES string of the molecule is O=C(O)NCCC[C@@H](CNC(=O)c1nc2cc(-c3ccc(F)cc3)cc(-c3ccc(F)cc3)c2[nH]1)NC(=O)O. The standard InChI is InChI=1S/C27H25F2N5O5/c28-18-7-3-15(4-8-18)17-12-21(16-5-9-19(29)10-6-16)23-22(13-17)33-24(34-23)25(35)31-14-20(32-27(38)39)2-1-11-30-26(36)37/h3-10,12-13,20,30,32H,1-2,11,14H2,(H,31,35)(H,33,34)(H,36,37)(H,38,39)/t20-/m0/s1. The summed E-state index contributed by atoms with van der Waals surface area (Å²) in [6.45, 7) is 0.0775. The van der Waals surface area contributed by atoms with Crippen LogP contribution >= 0.6 is 0 Å². The Hall–Kier alpha value is -5.00. The molecule has 4 aromatic rings. The Morgan fingerprint density at radius 2 is 1.49 bits per heavy atom. The number of aromatic nitrogens is 2. The summed E-state index contributed by atoms with van der Waals surface area (Å²) in [6.07, 6.45) is -1.83. The number of carbonyl (C=O) groups excluding carboxylic acids is 1. The van der Waals surface area contributed by atoms with Gasteiger partial charge in [0.15, 0.2) is 5.82 Å². The lowest BCUT2D eigenvalue weighted by Crippen LogP contribution is -2.43. The second kappa shape index (κ2) is 12.0. The summed E-state index contributed by atoms with van der Waals surface area (Å²) in [4.78, 5) is 42.1. The monoisotopic (exact) mass is 537 g/mol. The van der Waals surface area contributed by atoms with Crippen molar-refractivity contribution in [3.05, 3.63) is 78.1 Å². The summed E-state index contributed by atoms with van der Waals surface area (Å²) < 4.78 is 27.1. The van der Waals surface area contributed by atoms with Crippen LogP contribution in [0.1, 0.15) is 23.5 Å². The lowest BCUT2D eigenvalue weighted by molar-refractivity contribution is 0.0938. The lowest BCUT2D eigenvalue weighted by Gasteiger charge is -2.17. The minimum absolute atomic E-state index is 0.0220. The van der Waals surface area contributed by atoms with E-state index in [4.69, 9.17) is 10.2 Å². The van der Waals surface area contributed by atoms with Gasteiger partial charge in [0, 0.05) is 24.7 Å². The molecule has 0 aliphatic carbocycles. The Morgan fingerprint density at radius 3 is 2.10 bits per heavy atom. The molecular formula is C27H25F2N5O5. The van der Waals surface area contributed by atoms with Crippen LogP contribution in [0.3, 0.4) is 0 Å². The van der Waals surface area contributed by atoms with Gasteiger partial charge in [0.25, 0.3) is 5.91 Å². The van der Waals surface area contributed by atoms with Crippen molar-refractivity contribution in [3.63, 3.8) is 0 Å². The molecule has 0 radical (unpaired) electrons. The Bertz CT molecular complexity index is 1490. The number of hydrogen-bond donors (Lipinski definition) is 6. The topological polar surface area (TPSA) is 156 Å². The van der Waals surface area contributed by atoms with Crippen LogP contribution in [0.25, 0.3) is 33.3 Å². The van der Waals surface area contributed by atoms with Gasteiger partial charge in [-0.15, -0.1) is 0 Å². The summed E-state index contributed by atoms with van der Waals surface area (Å²) in [7, 11) is 0. The molecule has 3 amide bonds. The Morgan fingerprint density at radius 1 is 0.846 bits per heavy atom. The molecule has 1 heterocycles. The molecule has 0 unspecified atom stereocenters. The maximum absolute atomic E-state index is 13.6. The molecule has 12 heteroatoms. The number of rotatable bonds is 10. The first kappa shape index (κ1) is 27.0. The van der Waals surface area contributed by atoms with Gasteiger partial charge >= 0.3 is 12.2 Å². The largest absolute Gasteiger partial charge is 0.465 e. The molecule has 0 bridgehead atoms. The number of nitrogens with zero attached hydrogens (tertiary/aromatic N) is 1. The molecule has 0 aliphatic rings. The van der Waals surface area contributed by atoms with Crippen LogP contribution < -0.4 is 16.0 Å². The molecule has 4 rings (SSSR count). The van der Waals surface area contributed by atoms with E-state index in [9.17, 15) is 23.2 Å². The van der Waals surface area contributed by atoms with E-state index in [1.54, 1.807) is 30.3 Å². The minimum atomic E-state index is -1.28. The predicted octanol–water partition coefficient (Wildman–Crippen LogP) is 4.59. The van der Waals surface area contributed by atoms with Crippen molar-refractivity contribution in [1.82, 2.24) is 25.9 Å². The van der Waals surface area contributed by atoms with Gasteiger partial charge in [-0.1, -0.05) is 24.3 Å². The first-order chi connectivity index (χ1) is 18.7. The lowest BCUT2D eigenvalue weighted by atomic mass is 9.97. The van der Waals surface area contributed by atoms with Crippen LogP contribution in [0.4, 0.5) is 18.4 Å². The molecule has 0 fully saturated rings. The fourth-order valence-electron chi connectivity index (χ4n) is 4.13. The van der Waals surface area contributed by atoms with E-state index in [1.165, 1.54) is 24.3 Å². The number of hydrogen-bond acceptors (Lipinski definition) is 4. The highest BCUT2D eigenvalue weighted by Gasteiger charge is 2.19. The molecule has 1 atom stereocenters. The Kier molecular flexibility index (Phi) is 8.34. The third-order valence-electron chi connectivity index (χ3n) is 5.98. The predicted molar refractivity (Wildman–Crippen MR) is 139 cm³/mol. The maximum atomic E-state index is 13.6. The number of benzene rings is 3. The average molecular weight is 538 g/mol. The van der Waals surface area contributed by atoms with Gasteiger partial charge in [0.05, 0.1) is 11.0 Å². The number of amides is 3. The van der Waals surface area contributed by atoms with Crippen LogP contribution in [0, 0.1) is 11.6 Å². The van der Waals surface area contributed by atoms with Crippen molar-refractivity contribution in [2.75, 3.05) is 13.1 Å². The van der Waals surface area contributed by atoms with Crippen molar-refractivity contribution in [1.29, 1.82) is 0 Å². The molecule has 6 N–H and O–H groups in total. The number of fused-ring (bicyclic) bond motifs is 1. The summed E-state index contributed by atoms with van der Waals surface area (Å²) in [6, 6.07) is 14.6. The number of H-pyrrole nitrogens is 1. The summed E-state index contributed by atoms with van der Waals surface area (Å²) in [5, 5.41) is 24.9. The fraction of sp³-hybridized carbons (Fsp3) is 0.185. The van der Waals surface area contributed by atoms with Gasteiger partial charge in [-0.3, -0.25) is 4.79 Å². The number of imidazole rings is 1. The van der Waals surface area contributed by atoms with E-state index in [0.29, 0.717) is 34.1 Å². The van der Waals surface area contributed by atoms with Crippen molar-refractivity contribution < 1.29 is 33.4 Å². The summed E-state index contributed by atoms with van der Waals surface area (Å²) in [5.74, 6) is -1.39. The molecule has 0 aliphatic heterocycles. The first-order valence-corrected chi connectivity index (χ1v) is 12.0. The number of carbonyl (C=O) groups is 3. The van der Waals surface area contributed by atoms with Crippen LogP contribution in [-0.4, -0.2) is 57.4 Å². The van der Waals surface area contributed by atoms with Crippen LogP contribution in [0.5, 0.6) is 0 Å². The summed E-state index contributed by atoms with van der Waals surface area (Å²) >= 11 is 0. The van der Waals surface area contributed by atoms with E-state index in [2.05, 4.69) is 25.9 Å². The molecule has 39 heavy (non-hydrogen) atoms. The van der Waals surface area contributed by atoms with Gasteiger partial charge in [-0.25, -0.2) is 23.4 Å². The zero-order valence-corrected chi connectivity index (χ0v) is 20.5. The highest BCUT2D eigenvalue weighted by atomic mass is 19.1. The second-order valence-electron chi connectivity index (χ2n) is 8.75.